The number of carbonyl (C=O) groups is 1. The van der Waals surface area contributed by atoms with E-state index in [2.05, 4.69) is 15.3 Å². The maximum Gasteiger partial charge on any atom is 0.260 e. The van der Waals surface area contributed by atoms with E-state index in [1.165, 1.54) is 0 Å². The minimum absolute atomic E-state index is 0.203. The second-order valence-corrected chi connectivity index (χ2v) is 7.23. The van der Waals surface area contributed by atoms with E-state index in [4.69, 9.17) is 0 Å². The Balaban J connectivity index is 1.85. The fraction of sp³-hybridized carbons (Fsp3) is 0.471. The molecule has 1 aliphatic rings. The van der Waals surface area contributed by atoms with E-state index in [1.54, 1.807) is 40.8 Å². The van der Waals surface area contributed by atoms with Crippen LogP contribution in [0.5, 0.6) is 0 Å². The standard InChI is InChI=1S/C17H22N4O2S/c1-11-3-4-14(16(22)20-11)17(23)21(8-13-5-6-18-7-13)9-15-12(2)19-10-24-15/h3-4,10,13,18H,5-9H2,1-2H3,(H,20,22). The number of pyridine rings is 1. The highest BCUT2D eigenvalue weighted by Gasteiger charge is 2.25. The summed E-state index contributed by atoms with van der Waals surface area (Å²) in [5, 5.41) is 3.33. The quantitative estimate of drug-likeness (QED) is 0.864. The van der Waals surface area contributed by atoms with Crippen LogP contribution in [0.3, 0.4) is 0 Å². The Morgan fingerprint density at radius 1 is 1.42 bits per heavy atom. The predicted molar refractivity (Wildman–Crippen MR) is 94.4 cm³/mol. The first kappa shape index (κ1) is 16.9. The van der Waals surface area contributed by atoms with Crippen LogP contribution in [0.1, 0.15) is 33.0 Å². The van der Waals surface area contributed by atoms with Gasteiger partial charge in [-0.25, -0.2) is 4.98 Å². The highest BCUT2D eigenvalue weighted by Crippen LogP contribution is 2.19. The maximum atomic E-state index is 13.0. The summed E-state index contributed by atoms with van der Waals surface area (Å²) in [5.74, 6) is 0.211. The summed E-state index contributed by atoms with van der Waals surface area (Å²) in [6, 6.07) is 3.39. The lowest BCUT2D eigenvalue weighted by molar-refractivity contribution is 0.0718. The molecular formula is C17H22N4O2S. The van der Waals surface area contributed by atoms with Gasteiger partial charge < -0.3 is 15.2 Å². The monoisotopic (exact) mass is 346 g/mol. The molecule has 6 nitrogen and oxygen atoms in total. The Labute approximate surface area is 144 Å². The van der Waals surface area contributed by atoms with Crippen molar-refractivity contribution in [2.24, 2.45) is 5.92 Å². The van der Waals surface area contributed by atoms with Crippen LogP contribution in [0, 0.1) is 19.8 Å². The van der Waals surface area contributed by atoms with Crippen LogP contribution in [0.4, 0.5) is 0 Å². The third kappa shape index (κ3) is 3.73. The van der Waals surface area contributed by atoms with E-state index in [9.17, 15) is 9.59 Å². The Kier molecular flexibility index (Phi) is 5.11. The third-order valence-corrected chi connectivity index (χ3v) is 5.31. The normalized spacial score (nSPS) is 17.2. The first-order valence-electron chi connectivity index (χ1n) is 8.13. The predicted octanol–water partition coefficient (Wildman–Crippen LogP) is 1.70. The number of amides is 1. The molecule has 0 radical (unpaired) electrons. The van der Waals surface area contributed by atoms with Crippen LogP contribution in [0.2, 0.25) is 0 Å². The van der Waals surface area contributed by atoms with E-state index in [1.807, 2.05) is 6.92 Å². The van der Waals surface area contributed by atoms with Gasteiger partial charge in [0.1, 0.15) is 5.56 Å². The van der Waals surface area contributed by atoms with Crippen molar-refractivity contribution in [3.63, 3.8) is 0 Å². The minimum atomic E-state index is -0.324. The van der Waals surface area contributed by atoms with Crippen LogP contribution in [-0.4, -0.2) is 40.4 Å². The Morgan fingerprint density at radius 3 is 2.88 bits per heavy atom. The number of hydrogen-bond acceptors (Lipinski definition) is 5. The van der Waals surface area contributed by atoms with Crippen molar-refractivity contribution in [3.05, 3.63) is 49.8 Å². The van der Waals surface area contributed by atoms with Gasteiger partial charge in [0, 0.05) is 17.1 Å². The molecule has 128 valence electrons. The van der Waals surface area contributed by atoms with E-state index in [0.29, 0.717) is 19.0 Å². The number of aromatic amines is 1. The van der Waals surface area contributed by atoms with Gasteiger partial charge in [0.05, 0.1) is 17.7 Å². The zero-order chi connectivity index (χ0) is 17.1. The number of nitrogens with one attached hydrogen (secondary N) is 2. The van der Waals surface area contributed by atoms with Gasteiger partial charge in [-0.05, 0) is 51.4 Å². The molecule has 24 heavy (non-hydrogen) atoms. The molecule has 1 amide bonds. The van der Waals surface area contributed by atoms with E-state index in [-0.39, 0.29) is 17.0 Å². The molecule has 1 aliphatic heterocycles. The Hall–Kier alpha value is -1.99. The smallest absolute Gasteiger partial charge is 0.260 e. The second-order valence-electron chi connectivity index (χ2n) is 6.29. The first-order valence-corrected chi connectivity index (χ1v) is 9.01. The molecule has 1 unspecified atom stereocenters. The number of hydrogen-bond donors (Lipinski definition) is 2. The van der Waals surface area contributed by atoms with Crippen molar-refractivity contribution in [2.45, 2.75) is 26.8 Å². The SMILES string of the molecule is Cc1ccc(C(=O)N(Cc2scnc2C)CC2CCNC2)c(=O)[nH]1. The van der Waals surface area contributed by atoms with Crippen molar-refractivity contribution in [2.75, 3.05) is 19.6 Å². The van der Waals surface area contributed by atoms with Gasteiger partial charge in [0.25, 0.3) is 11.5 Å². The summed E-state index contributed by atoms with van der Waals surface area (Å²) >= 11 is 1.55. The molecule has 2 N–H and O–H groups in total. The average Bonchev–Trinajstić information content (AvgIpc) is 3.18. The number of carbonyl (C=O) groups excluding carboxylic acids is 1. The van der Waals surface area contributed by atoms with E-state index in [0.717, 1.165) is 35.8 Å². The lowest BCUT2D eigenvalue weighted by Gasteiger charge is -2.25. The van der Waals surface area contributed by atoms with Gasteiger partial charge in [0.15, 0.2) is 0 Å². The summed E-state index contributed by atoms with van der Waals surface area (Å²) in [6.45, 7) is 6.80. The van der Waals surface area contributed by atoms with Gasteiger partial charge in [-0.3, -0.25) is 9.59 Å². The molecule has 1 atom stereocenters. The molecule has 3 heterocycles. The van der Waals surface area contributed by atoms with Gasteiger partial charge >= 0.3 is 0 Å². The van der Waals surface area contributed by atoms with Gasteiger partial charge in [-0.1, -0.05) is 0 Å². The minimum Gasteiger partial charge on any atom is -0.333 e. The lowest BCUT2D eigenvalue weighted by atomic mass is 10.1. The van der Waals surface area contributed by atoms with Gasteiger partial charge in [0.2, 0.25) is 0 Å². The molecular weight excluding hydrogens is 324 g/mol. The highest BCUT2D eigenvalue weighted by atomic mass is 32.1. The summed E-state index contributed by atoms with van der Waals surface area (Å²) in [4.78, 5) is 35.0. The molecule has 0 saturated carbocycles. The highest BCUT2D eigenvalue weighted by molar-refractivity contribution is 7.09. The van der Waals surface area contributed by atoms with E-state index >= 15 is 0 Å². The molecule has 1 fully saturated rings. The second kappa shape index (κ2) is 7.27. The van der Waals surface area contributed by atoms with Crippen LogP contribution in [0.15, 0.2) is 22.4 Å². The summed E-state index contributed by atoms with van der Waals surface area (Å²) in [7, 11) is 0. The zero-order valence-corrected chi connectivity index (χ0v) is 14.8. The van der Waals surface area contributed by atoms with Gasteiger partial charge in [-0.2, -0.15) is 0 Å². The molecule has 0 aliphatic carbocycles. The molecule has 2 aromatic rings. The van der Waals surface area contributed by atoms with Crippen LogP contribution < -0.4 is 10.9 Å². The Morgan fingerprint density at radius 2 is 2.25 bits per heavy atom. The van der Waals surface area contributed by atoms with Gasteiger partial charge in [-0.15, -0.1) is 11.3 Å². The fourth-order valence-corrected chi connectivity index (χ4v) is 3.76. The number of nitrogens with zero attached hydrogens (tertiary/aromatic N) is 2. The van der Waals surface area contributed by atoms with Crippen LogP contribution in [-0.2, 0) is 6.54 Å². The van der Waals surface area contributed by atoms with Crippen LogP contribution in [0.25, 0.3) is 0 Å². The number of aromatic nitrogens is 2. The number of thiazole rings is 1. The fourth-order valence-electron chi connectivity index (χ4n) is 2.96. The maximum absolute atomic E-state index is 13.0. The van der Waals surface area contributed by atoms with Crippen molar-refractivity contribution in [3.8, 4) is 0 Å². The third-order valence-electron chi connectivity index (χ3n) is 4.39. The van der Waals surface area contributed by atoms with Crippen molar-refractivity contribution in [1.82, 2.24) is 20.2 Å². The lowest BCUT2D eigenvalue weighted by Crippen LogP contribution is -2.38. The Bertz CT molecular complexity index is 777. The molecule has 1 saturated heterocycles. The summed E-state index contributed by atoms with van der Waals surface area (Å²) in [6.07, 6.45) is 1.05. The number of rotatable bonds is 5. The summed E-state index contributed by atoms with van der Waals surface area (Å²) in [5.41, 5.74) is 3.37. The van der Waals surface area contributed by atoms with E-state index < -0.39 is 0 Å². The molecule has 2 aromatic heterocycles. The van der Waals surface area contributed by atoms with Crippen molar-refractivity contribution in [1.29, 1.82) is 0 Å². The number of aryl methyl sites for hydroxylation is 2. The molecule has 7 heteroatoms. The van der Waals surface area contributed by atoms with Crippen molar-refractivity contribution < 1.29 is 4.79 Å². The molecule has 0 spiro atoms. The topological polar surface area (TPSA) is 78.1 Å². The number of H-pyrrole nitrogens is 1. The van der Waals surface area contributed by atoms with Crippen molar-refractivity contribution >= 4 is 17.2 Å². The van der Waals surface area contributed by atoms with Crippen LogP contribution >= 0.6 is 11.3 Å². The molecule has 3 rings (SSSR count). The molecule has 0 aromatic carbocycles. The largest absolute Gasteiger partial charge is 0.333 e. The molecule has 0 bridgehead atoms. The average molecular weight is 346 g/mol. The zero-order valence-electron chi connectivity index (χ0n) is 14.0. The summed E-state index contributed by atoms with van der Waals surface area (Å²) < 4.78 is 0. The first-order chi connectivity index (χ1) is 11.5.